The van der Waals surface area contributed by atoms with Crippen LogP contribution in [0.2, 0.25) is 0 Å². The van der Waals surface area contributed by atoms with Crippen LogP contribution in [-0.2, 0) is 40.4 Å². The maximum atomic E-state index is 12.7. The largest absolute Gasteiger partial charge is 0.456 e. The molecule has 4 atom stereocenters. The highest BCUT2D eigenvalue weighted by Gasteiger charge is 2.47. The van der Waals surface area contributed by atoms with Gasteiger partial charge < -0.3 is 24.3 Å². The van der Waals surface area contributed by atoms with E-state index in [1.54, 1.807) is 6.26 Å². The van der Waals surface area contributed by atoms with Gasteiger partial charge in [-0.3, -0.25) is 28.5 Å². The van der Waals surface area contributed by atoms with Crippen LogP contribution in [0.25, 0.3) is 0 Å². The molecule has 32 heavy (non-hydrogen) atoms. The average Bonchev–Trinajstić information content (AvgIpc) is 2.67. The Morgan fingerprint density at radius 3 is 2.09 bits per heavy atom. The minimum absolute atomic E-state index is 0.0837. The van der Waals surface area contributed by atoms with Gasteiger partial charge in [-0.2, -0.15) is 0 Å². The molecular weight excluding hydrogens is 446 g/mol. The number of ketones is 1. The predicted octanol–water partition coefficient (Wildman–Crippen LogP) is 0.268. The third kappa shape index (κ3) is 5.85. The molecule has 1 aromatic rings. The molecule has 1 N–H and O–H groups in total. The number of Topliss-reactive ketones (excluding diaryl/α,β-unsaturated/α-hetero) is 1. The van der Waals surface area contributed by atoms with Gasteiger partial charge in [-0.15, -0.1) is 0 Å². The van der Waals surface area contributed by atoms with Crippen LogP contribution in [0, 0.1) is 0 Å². The summed E-state index contributed by atoms with van der Waals surface area (Å²) in [6.07, 6.45) is -3.01. The van der Waals surface area contributed by atoms with E-state index in [1.165, 1.54) is 37.2 Å². The summed E-state index contributed by atoms with van der Waals surface area (Å²) in [4.78, 5) is 64.1. The molecule has 1 saturated heterocycles. The first-order valence-electron chi connectivity index (χ1n) is 9.52. The zero-order valence-electron chi connectivity index (χ0n) is 18.5. The minimum Gasteiger partial charge on any atom is -0.456 e. The van der Waals surface area contributed by atoms with E-state index in [0.29, 0.717) is 5.16 Å². The van der Waals surface area contributed by atoms with Gasteiger partial charge in [0.2, 0.25) is 0 Å². The van der Waals surface area contributed by atoms with Gasteiger partial charge in [0.15, 0.2) is 35.5 Å². The molecule has 0 aliphatic carbocycles. The zero-order valence-corrected chi connectivity index (χ0v) is 19.3. The Balaban J connectivity index is 2.51. The average molecular weight is 471 g/mol. The van der Waals surface area contributed by atoms with Crippen molar-refractivity contribution in [2.75, 3.05) is 18.2 Å². The SMILES string of the molecule is CSc1nc(N[C@@H]2OC[C@@H](OC(C)=O)[C@H](OC(C)=O)[C@H]2OC(C)=O)c(C(C)=O)c(=O)n1C. The Labute approximate surface area is 187 Å². The monoisotopic (exact) mass is 471 g/mol. The number of hydrogen-bond acceptors (Lipinski definition) is 12. The number of thioether (sulfide) groups is 1. The van der Waals surface area contributed by atoms with Crippen molar-refractivity contribution in [2.24, 2.45) is 7.05 Å². The van der Waals surface area contributed by atoms with Gasteiger partial charge in [-0.1, -0.05) is 11.8 Å². The molecule has 0 radical (unpaired) electrons. The summed E-state index contributed by atoms with van der Waals surface area (Å²) in [6, 6.07) is 0. The highest BCUT2D eigenvalue weighted by molar-refractivity contribution is 7.98. The highest BCUT2D eigenvalue weighted by atomic mass is 32.2. The molecule has 0 amide bonds. The molecule has 13 heteroatoms. The van der Waals surface area contributed by atoms with Crippen molar-refractivity contribution in [1.29, 1.82) is 0 Å². The van der Waals surface area contributed by atoms with Crippen LogP contribution in [-0.4, -0.2) is 70.6 Å². The van der Waals surface area contributed by atoms with Gasteiger partial charge >= 0.3 is 17.9 Å². The maximum Gasteiger partial charge on any atom is 0.303 e. The van der Waals surface area contributed by atoms with Gasteiger partial charge in [0, 0.05) is 27.8 Å². The quantitative estimate of drug-likeness (QED) is 0.191. The van der Waals surface area contributed by atoms with Crippen molar-refractivity contribution in [1.82, 2.24) is 9.55 Å². The summed E-state index contributed by atoms with van der Waals surface area (Å²) in [5, 5.41) is 3.13. The number of anilines is 1. The topological polar surface area (TPSA) is 152 Å². The van der Waals surface area contributed by atoms with Gasteiger partial charge in [-0.25, -0.2) is 4.98 Å². The highest BCUT2D eigenvalue weighted by Crippen LogP contribution is 2.26. The zero-order chi connectivity index (χ0) is 24.2. The number of ether oxygens (including phenoxy) is 4. The predicted molar refractivity (Wildman–Crippen MR) is 111 cm³/mol. The number of nitrogens with zero attached hydrogens (tertiary/aromatic N) is 2. The molecule has 1 aromatic heterocycles. The Hall–Kier alpha value is -2.93. The number of carbonyl (C=O) groups excluding carboxylic acids is 4. The van der Waals surface area contributed by atoms with Crippen molar-refractivity contribution in [3.8, 4) is 0 Å². The Kier molecular flexibility index (Phi) is 8.38. The van der Waals surface area contributed by atoms with Crippen LogP contribution in [0.3, 0.4) is 0 Å². The summed E-state index contributed by atoms with van der Waals surface area (Å²) in [5.41, 5.74) is -0.796. The standard InChI is InChI=1S/C19H25N3O9S/c1-8(23)13-16(21-19(32-6)22(5)18(13)27)20-17-15(31-11(4)26)14(30-10(3)25)12(7-28-17)29-9(2)24/h12,14-15,17,20H,7H2,1-6H3/t12-,14+,15-,17-/m1/s1. The van der Waals surface area contributed by atoms with Crippen LogP contribution < -0.4 is 10.9 Å². The van der Waals surface area contributed by atoms with E-state index < -0.39 is 53.8 Å². The van der Waals surface area contributed by atoms with E-state index in [0.717, 1.165) is 13.8 Å². The molecule has 176 valence electrons. The van der Waals surface area contributed by atoms with Gasteiger partial charge in [-0.05, 0) is 13.2 Å². The fourth-order valence-electron chi connectivity index (χ4n) is 3.19. The van der Waals surface area contributed by atoms with Gasteiger partial charge in [0.05, 0.1) is 6.61 Å². The third-order valence-electron chi connectivity index (χ3n) is 4.41. The molecule has 2 rings (SSSR count). The van der Waals surface area contributed by atoms with Crippen LogP contribution in [0.1, 0.15) is 38.1 Å². The summed E-state index contributed by atoms with van der Waals surface area (Å²) >= 11 is 1.18. The lowest BCUT2D eigenvalue weighted by Gasteiger charge is -2.40. The summed E-state index contributed by atoms with van der Waals surface area (Å²) in [6.45, 7) is 4.45. The molecule has 0 aromatic carbocycles. The number of carbonyl (C=O) groups is 4. The second kappa shape index (κ2) is 10.6. The fraction of sp³-hybridized carbons (Fsp3) is 0.579. The number of aromatic nitrogens is 2. The second-order valence-electron chi connectivity index (χ2n) is 6.94. The van der Waals surface area contributed by atoms with Crippen LogP contribution in [0.5, 0.6) is 0 Å². The second-order valence-corrected chi connectivity index (χ2v) is 7.71. The summed E-state index contributed by atoms with van der Waals surface area (Å²) in [5.74, 6) is -2.70. The smallest absolute Gasteiger partial charge is 0.303 e. The van der Waals surface area contributed by atoms with E-state index in [1.807, 2.05) is 0 Å². The number of nitrogens with one attached hydrogen (secondary N) is 1. The summed E-state index contributed by atoms with van der Waals surface area (Å²) in [7, 11) is 1.48. The lowest BCUT2D eigenvalue weighted by Crippen LogP contribution is -2.59. The van der Waals surface area contributed by atoms with E-state index in [9.17, 15) is 24.0 Å². The molecule has 2 heterocycles. The van der Waals surface area contributed by atoms with Crippen molar-refractivity contribution in [3.05, 3.63) is 15.9 Å². The molecule has 0 bridgehead atoms. The van der Waals surface area contributed by atoms with E-state index in [2.05, 4.69) is 10.3 Å². The van der Waals surface area contributed by atoms with Crippen molar-refractivity contribution >= 4 is 41.3 Å². The van der Waals surface area contributed by atoms with Gasteiger partial charge in [0.25, 0.3) is 5.56 Å². The number of rotatable bonds is 7. The van der Waals surface area contributed by atoms with Crippen molar-refractivity contribution in [2.45, 2.75) is 57.4 Å². The molecular formula is C19H25N3O9S. The number of esters is 3. The Morgan fingerprint density at radius 1 is 1.03 bits per heavy atom. The molecule has 0 unspecified atom stereocenters. The molecule has 0 spiro atoms. The summed E-state index contributed by atoms with van der Waals surface area (Å²) < 4.78 is 22.7. The molecule has 1 aliphatic rings. The number of hydrogen-bond donors (Lipinski definition) is 1. The first kappa shape index (κ1) is 25.3. The van der Waals surface area contributed by atoms with Crippen molar-refractivity contribution in [3.63, 3.8) is 0 Å². The first-order valence-corrected chi connectivity index (χ1v) is 10.7. The Bertz CT molecular complexity index is 978. The molecule has 1 aliphatic heterocycles. The van der Waals surface area contributed by atoms with E-state index >= 15 is 0 Å². The van der Waals surface area contributed by atoms with Gasteiger partial charge in [0.1, 0.15) is 11.4 Å². The van der Waals surface area contributed by atoms with Crippen LogP contribution in [0.15, 0.2) is 9.95 Å². The lowest BCUT2D eigenvalue weighted by molar-refractivity contribution is -0.221. The van der Waals surface area contributed by atoms with Crippen LogP contribution in [0.4, 0.5) is 5.82 Å². The fourth-order valence-corrected chi connectivity index (χ4v) is 3.73. The van der Waals surface area contributed by atoms with Crippen molar-refractivity contribution < 1.29 is 38.1 Å². The van der Waals surface area contributed by atoms with Crippen LogP contribution >= 0.6 is 11.8 Å². The molecule has 1 fully saturated rings. The van der Waals surface area contributed by atoms with E-state index in [-0.39, 0.29) is 18.0 Å². The maximum absolute atomic E-state index is 12.7. The molecule has 0 saturated carbocycles. The normalized spacial score (nSPS) is 22.6. The Morgan fingerprint density at radius 2 is 1.59 bits per heavy atom. The first-order chi connectivity index (χ1) is 15.0. The lowest BCUT2D eigenvalue weighted by atomic mass is 10.0. The molecule has 12 nitrogen and oxygen atoms in total. The third-order valence-corrected chi connectivity index (χ3v) is 5.14. The minimum atomic E-state index is -1.28. The van der Waals surface area contributed by atoms with E-state index in [4.69, 9.17) is 18.9 Å².